The number of nitrogens with one attached hydrogen (secondary N) is 1. The summed E-state index contributed by atoms with van der Waals surface area (Å²) in [6, 6.07) is 12.9. The quantitative estimate of drug-likeness (QED) is 0.814. The van der Waals surface area contributed by atoms with Gasteiger partial charge in [-0.05, 0) is 36.8 Å². The van der Waals surface area contributed by atoms with Gasteiger partial charge < -0.3 is 15.8 Å². The van der Waals surface area contributed by atoms with Crippen molar-refractivity contribution in [3.63, 3.8) is 0 Å². The molecule has 0 radical (unpaired) electrons. The van der Waals surface area contributed by atoms with Crippen LogP contribution in [0.5, 0.6) is 5.75 Å². The molecule has 0 aliphatic rings. The van der Waals surface area contributed by atoms with Crippen LogP contribution >= 0.6 is 15.9 Å². The molecule has 2 rings (SSSR count). The van der Waals surface area contributed by atoms with Crippen molar-refractivity contribution in [3.05, 3.63) is 58.1 Å². The SMILES string of the molecule is CCOc1c(N)cccc1C(=O)NCc1cccc(Br)c1. The van der Waals surface area contributed by atoms with Crippen LogP contribution in [0.25, 0.3) is 0 Å². The second kappa shape index (κ2) is 7.13. The molecule has 0 fully saturated rings. The van der Waals surface area contributed by atoms with Crippen molar-refractivity contribution < 1.29 is 9.53 Å². The van der Waals surface area contributed by atoms with Crippen LogP contribution in [0.3, 0.4) is 0 Å². The van der Waals surface area contributed by atoms with E-state index in [2.05, 4.69) is 21.2 Å². The topological polar surface area (TPSA) is 64.3 Å². The summed E-state index contributed by atoms with van der Waals surface area (Å²) in [5.41, 5.74) is 7.79. The molecule has 5 heteroatoms. The summed E-state index contributed by atoms with van der Waals surface area (Å²) in [7, 11) is 0. The molecule has 0 aliphatic carbocycles. The molecule has 2 aromatic carbocycles. The van der Waals surface area contributed by atoms with E-state index in [1.165, 1.54) is 0 Å². The summed E-state index contributed by atoms with van der Waals surface area (Å²) in [4.78, 5) is 12.3. The summed E-state index contributed by atoms with van der Waals surface area (Å²) in [6.07, 6.45) is 0. The number of carbonyl (C=O) groups is 1. The normalized spacial score (nSPS) is 10.2. The highest BCUT2D eigenvalue weighted by Crippen LogP contribution is 2.26. The monoisotopic (exact) mass is 348 g/mol. The molecule has 0 unspecified atom stereocenters. The lowest BCUT2D eigenvalue weighted by molar-refractivity contribution is 0.0947. The summed E-state index contributed by atoms with van der Waals surface area (Å²) in [5, 5.41) is 2.87. The van der Waals surface area contributed by atoms with E-state index in [4.69, 9.17) is 10.5 Å². The van der Waals surface area contributed by atoms with Gasteiger partial charge >= 0.3 is 0 Å². The number of halogens is 1. The Morgan fingerprint density at radius 1 is 1.29 bits per heavy atom. The van der Waals surface area contributed by atoms with E-state index in [1.807, 2.05) is 31.2 Å². The smallest absolute Gasteiger partial charge is 0.255 e. The average Bonchev–Trinajstić information content (AvgIpc) is 2.47. The number of carbonyl (C=O) groups excluding carboxylic acids is 1. The van der Waals surface area contributed by atoms with E-state index in [1.54, 1.807) is 18.2 Å². The molecule has 0 heterocycles. The molecule has 2 aromatic rings. The number of nitrogen functional groups attached to an aromatic ring is 1. The largest absolute Gasteiger partial charge is 0.491 e. The molecule has 110 valence electrons. The van der Waals surface area contributed by atoms with Crippen molar-refractivity contribution in [1.82, 2.24) is 5.32 Å². The van der Waals surface area contributed by atoms with Crippen LogP contribution in [0.2, 0.25) is 0 Å². The summed E-state index contributed by atoms with van der Waals surface area (Å²) in [5.74, 6) is 0.234. The molecule has 1 amide bonds. The van der Waals surface area contributed by atoms with Gasteiger partial charge in [0.05, 0.1) is 17.9 Å². The van der Waals surface area contributed by atoms with E-state index in [-0.39, 0.29) is 5.91 Å². The van der Waals surface area contributed by atoms with Crippen LogP contribution in [0.15, 0.2) is 46.9 Å². The number of anilines is 1. The molecule has 21 heavy (non-hydrogen) atoms. The molecule has 0 spiro atoms. The number of nitrogens with two attached hydrogens (primary N) is 1. The Balaban J connectivity index is 2.12. The molecule has 0 saturated carbocycles. The standard InChI is InChI=1S/C16H17BrN2O2/c1-2-21-15-13(7-4-8-14(15)18)16(20)19-10-11-5-3-6-12(17)9-11/h3-9H,2,10,18H2,1H3,(H,19,20). The van der Waals surface area contributed by atoms with Crippen LogP contribution in [-0.2, 0) is 6.54 Å². The Labute approximate surface area is 132 Å². The summed E-state index contributed by atoms with van der Waals surface area (Å²) < 4.78 is 6.45. The second-order valence-corrected chi connectivity index (χ2v) is 5.39. The van der Waals surface area contributed by atoms with Gasteiger partial charge in [-0.15, -0.1) is 0 Å². The van der Waals surface area contributed by atoms with Gasteiger partial charge in [-0.1, -0.05) is 34.1 Å². The fourth-order valence-corrected chi connectivity index (χ4v) is 2.41. The molecular formula is C16H17BrN2O2. The fraction of sp³-hybridized carbons (Fsp3) is 0.188. The second-order valence-electron chi connectivity index (χ2n) is 4.47. The third kappa shape index (κ3) is 3.98. The van der Waals surface area contributed by atoms with E-state index in [9.17, 15) is 4.79 Å². The highest BCUT2D eigenvalue weighted by atomic mass is 79.9. The molecular weight excluding hydrogens is 332 g/mol. The van der Waals surface area contributed by atoms with Crippen molar-refractivity contribution in [3.8, 4) is 5.75 Å². The number of para-hydroxylation sites is 1. The Morgan fingerprint density at radius 3 is 2.76 bits per heavy atom. The minimum Gasteiger partial charge on any atom is -0.491 e. The molecule has 0 atom stereocenters. The predicted molar refractivity (Wildman–Crippen MR) is 87.3 cm³/mol. The molecule has 0 bridgehead atoms. The molecule has 0 saturated heterocycles. The van der Waals surface area contributed by atoms with Crippen LogP contribution in [0, 0.1) is 0 Å². The highest BCUT2D eigenvalue weighted by molar-refractivity contribution is 9.10. The first-order valence-corrected chi connectivity index (χ1v) is 7.45. The number of hydrogen-bond donors (Lipinski definition) is 2. The minimum absolute atomic E-state index is 0.203. The first kappa shape index (κ1) is 15.4. The minimum atomic E-state index is -0.203. The van der Waals surface area contributed by atoms with Crippen molar-refractivity contribution in [2.45, 2.75) is 13.5 Å². The van der Waals surface area contributed by atoms with Crippen molar-refractivity contribution in [2.24, 2.45) is 0 Å². The third-order valence-electron chi connectivity index (χ3n) is 2.92. The molecule has 0 aromatic heterocycles. The summed E-state index contributed by atoms with van der Waals surface area (Å²) >= 11 is 3.41. The maximum absolute atomic E-state index is 12.3. The predicted octanol–water partition coefficient (Wildman–Crippen LogP) is 3.36. The van der Waals surface area contributed by atoms with Gasteiger partial charge in [0.1, 0.15) is 0 Å². The Kier molecular flexibility index (Phi) is 5.22. The average molecular weight is 349 g/mol. The number of amides is 1. The van der Waals surface area contributed by atoms with Crippen LogP contribution in [0.4, 0.5) is 5.69 Å². The molecule has 4 nitrogen and oxygen atoms in total. The highest BCUT2D eigenvalue weighted by Gasteiger charge is 2.14. The zero-order valence-corrected chi connectivity index (χ0v) is 13.3. The lowest BCUT2D eigenvalue weighted by atomic mass is 10.1. The Morgan fingerprint density at radius 2 is 2.05 bits per heavy atom. The molecule has 3 N–H and O–H groups in total. The van der Waals surface area contributed by atoms with Gasteiger partial charge in [0, 0.05) is 11.0 Å². The van der Waals surface area contributed by atoms with Crippen molar-refractivity contribution >= 4 is 27.5 Å². The zero-order valence-electron chi connectivity index (χ0n) is 11.7. The number of hydrogen-bond acceptors (Lipinski definition) is 3. The van der Waals surface area contributed by atoms with Crippen LogP contribution in [-0.4, -0.2) is 12.5 Å². The van der Waals surface area contributed by atoms with Gasteiger partial charge in [0.25, 0.3) is 5.91 Å². The third-order valence-corrected chi connectivity index (χ3v) is 3.41. The van der Waals surface area contributed by atoms with Gasteiger partial charge in [-0.3, -0.25) is 4.79 Å². The number of rotatable bonds is 5. The lowest BCUT2D eigenvalue weighted by Gasteiger charge is -2.12. The molecule has 0 aliphatic heterocycles. The fourth-order valence-electron chi connectivity index (χ4n) is 1.96. The van der Waals surface area contributed by atoms with Crippen LogP contribution in [0.1, 0.15) is 22.8 Å². The maximum atomic E-state index is 12.3. The van der Waals surface area contributed by atoms with E-state index in [0.717, 1.165) is 10.0 Å². The Hall–Kier alpha value is -2.01. The van der Waals surface area contributed by atoms with Crippen molar-refractivity contribution in [2.75, 3.05) is 12.3 Å². The number of benzene rings is 2. The van der Waals surface area contributed by atoms with Gasteiger partial charge in [-0.2, -0.15) is 0 Å². The number of ether oxygens (including phenoxy) is 1. The first-order chi connectivity index (χ1) is 10.1. The first-order valence-electron chi connectivity index (χ1n) is 6.65. The maximum Gasteiger partial charge on any atom is 0.255 e. The van der Waals surface area contributed by atoms with Crippen molar-refractivity contribution in [1.29, 1.82) is 0 Å². The van der Waals surface area contributed by atoms with Crippen LogP contribution < -0.4 is 15.8 Å². The van der Waals surface area contributed by atoms with Gasteiger partial charge in [0.2, 0.25) is 0 Å². The summed E-state index contributed by atoms with van der Waals surface area (Å²) in [6.45, 7) is 2.76. The van der Waals surface area contributed by atoms with Gasteiger partial charge in [0.15, 0.2) is 5.75 Å². The zero-order chi connectivity index (χ0) is 15.2. The van der Waals surface area contributed by atoms with E-state index < -0.39 is 0 Å². The van der Waals surface area contributed by atoms with E-state index >= 15 is 0 Å². The lowest BCUT2D eigenvalue weighted by Crippen LogP contribution is -2.23. The Bertz CT molecular complexity index is 644. The van der Waals surface area contributed by atoms with E-state index in [0.29, 0.717) is 30.2 Å². The van der Waals surface area contributed by atoms with Gasteiger partial charge in [-0.25, -0.2) is 0 Å².